The van der Waals surface area contributed by atoms with Crippen LogP contribution in [0.3, 0.4) is 0 Å². The molecule has 0 atom stereocenters. The smallest absolute Gasteiger partial charge is 0.354 e. The van der Waals surface area contributed by atoms with Gasteiger partial charge in [0.25, 0.3) is 5.56 Å². The highest BCUT2D eigenvalue weighted by Gasteiger charge is 2.31. The third-order valence-electron chi connectivity index (χ3n) is 2.18. The molecule has 0 aliphatic rings. The first-order chi connectivity index (χ1) is 7.88. The van der Waals surface area contributed by atoms with Crippen LogP contribution in [0.1, 0.15) is 5.56 Å². The maximum absolute atomic E-state index is 12.4. The molecule has 0 spiro atoms. The Balaban J connectivity index is 3.03. The molecule has 0 aliphatic carbocycles. The number of alkyl halides is 3. The summed E-state index contributed by atoms with van der Waals surface area (Å²) in [4.78, 5) is 11.4. The van der Waals surface area contributed by atoms with Crippen LogP contribution in [0.2, 0.25) is 0 Å². The summed E-state index contributed by atoms with van der Waals surface area (Å²) in [7, 11) is 2.68. The Bertz CT molecular complexity index is 424. The molecule has 0 aliphatic heterocycles. The van der Waals surface area contributed by atoms with E-state index in [1.165, 1.54) is 14.2 Å². The van der Waals surface area contributed by atoms with Gasteiger partial charge in [-0.25, -0.2) is 0 Å². The van der Waals surface area contributed by atoms with Gasteiger partial charge in [0.05, 0.1) is 12.1 Å². The normalized spacial score (nSPS) is 12.1. The summed E-state index contributed by atoms with van der Waals surface area (Å²) >= 11 is 0. The molecule has 1 rings (SSSR count). The summed E-state index contributed by atoms with van der Waals surface area (Å²) < 4.78 is 47.8. The predicted octanol–water partition coefficient (Wildman–Crippen LogP) is 1.49. The minimum absolute atomic E-state index is 0.101. The van der Waals surface area contributed by atoms with Crippen molar-refractivity contribution < 1.29 is 22.6 Å². The number of pyridine rings is 1. The lowest BCUT2D eigenvalue weighted by Gasteiger charge is -2.16. The lowest BCUT2D eigenvalue weighted by Crippen LogP contribution is -2.29. The van der Waals surface area contributed by atoms with Gasteiger partial charge in [-0.2, -0.15) is 13.2 Å². The van der Waals surface area contributed by atoms with Crippen LogP contribution in [0.25, 0.3) is 0 Å². The number of hydrogen-bond acceptors (Lipinski definition) is 3. The van der Waals surface area contributed by atoms with Crippen molar-refractivity contribution in [1.29, 1.82) is 0 Å². The third-order valence-corrected chi connectivity index (χ3v) is 2.18. The van der Waals surface area contributed by atoms with Crippen LogP contribution in [-0.4, -0.2) is 25.1 Å². The quantitative estimate of drug-likeness (QED) is 0.761. The highest BCUT2D eigenvalue weighted by Crippen LogP contribution is 2.28. The van der Waals surface area contributed by atoms with E-state index in [9.17, 15) is 18.0 Å². The highest BCUT2D eigenvalue weighted by atomic mass is 19.4. The molecule has 0 amide bonds. The second kappa shape index (κ2) is 5.33. The van der Waals surface area contributed by atoms with Gasteiger partial charge in [0, 0.05) is 26.5 Å². The molecule has 4 nitrogen and oxygen atoms in total. The zero-order valence-electron chi connectivity index (χ0n) is 9.32. The number of halogens is 3. The van der Waals surface area contributed by atoms with Gasteiger partial charge in [-0.15, -0.1) is 0 Å². The van der Waals surface area contributed by atoms with E-state index in [0.717, 1.165) is 22.9 Å². The van der Waals surface area contributed by atoms with Gasteiger partial charge in [0.15, 0.2) is 6.29 Å². The van der Waals surface area contributed by atoms with Crippen LogP contribution >= 0.6 is 0 Å². The second-order valence-electron chi connectivity index (χ2n) is 3.31. The molecule has 0 saturated heterocycles. The monoisotopic (exact) mass is 251 g/mol. The van der Waals surface area contributed by atoms with Crippen molar-refractivity contribution in [3.63, 3.8) is 0 Å². The minimum Gasteiger partial charge on any atom is -0.354 e. The molecule has 1 aromatic rings. The van der Waals surface area contributed by atoms with Gasteiger partial charge in [-0.1, -0.05) is 0 Å². The van der Waals surface area contributed by atoms with E-state index in [-0.39, 0.29) is 6.54 Å². The Kier molecular flexibility index (Phi) is 4.30. The molecule has 0 bridgehead atoms. The standard InChI is InChI=1S/C10H12F3NO3/c1-16-9(17-2)6-14-5-7(10(11,12)13)3-4-8(14)15/h3-5,9H,6H2,1-2H3. The number of hydrogen-bond donors (Lipinski definition) is 0. The molecule has 0 saturated carbocycles. The largest absolute Gasteiger partial charge is 0.417 e. The van der Waals surface area contributed by atoms with Crippen molar-refractivity contribution in [3.8, 4) is 0 Å². The maximum atomic E-state index is 12.4. The van der Waals surface area contributed by atoms with Gasteiger partial charge in [0.1, 0.15) is 0 Å². The molecule has 0 N–H and O–H groups in total. The molecule has 1 aromatic heterocycles. The molecule has 0 fully saturated rings. The van der Waals surface area contributed by atoms with E-state index in [0.29, 0.717) is 0 Å². The van der Waals surface area contributed by atoms with Crippen LogP contribution in [0, 0.1) is 0 Å². The molecule has 96 valence electrons. The highest BCUT2D eigenvalue weighted by molar-refractivity contribution is 5.13. The van der Waals surface area contributed by atoms with Crippen molar-refractivity contribution >= 4 is 0 Å². The van der Waals surface area contributed by atoms with E-state index in [4.69, 9.17) is 9.47 Å². The Morgan fingerprint density at radius 3 is 2.35 bits per heavy atom. The van der Waals surface area contributed by atoms with Crippen LogP contribution in [-0.2, 0) is 22.2 Å². The summed E-state index contributed by atoms with van der Waals surface area (Å²) in [6.45, 7) is -0.101. The third kappa shape index (κ3) is 3.57. The Morgan fingerprint density at radius 1 is 1.29 bits per heavy atom. The first-order valence-electron chi connectivity index (χ1n) is 4.71. The molecule has 7 heteroatoms. The van der Waals surface area contributed by atoms with Crippen LogP contribution in [0.5, 0.6) is 0 Å². The van der Waals surface area contributed by atoms with Crippen molar-refractivity contribution in [2.45, 2.75) is 19.0 Å². The zero-order valence-corrected chi connectivity index (χ0v) is 9.32. The average Bonchev–Trinajstić information content (AvgIpc) is 2.26. The minimum atomic E-state index is -4.48. The summed E-state index contributed by atoms with van der Waals surface area (Å²) in [5, 5.41) is 0. The molecular weight excluding hydrogens is 239 g/mol. The van der Waals surface area contributed by atoms with Crippen molar-refractivity contribution in [2.24, 2.45) is 0 Å². The second-order valence-corrected chi connectivity index (χ2v) is 3.31. The number of nitrogens with zero attached hydrogens (tertiary/aromatic N) is 1. The molecule has 0 aromatic carbocycles. The lowest BCUT2D eigenvalue weighted by atomic mass is 10.3. The van der Waals surface area contributed by atoms with Crippen molar-refractivity contribution in [2.75, 3.05) is 14.2 Å². The fraction of sp³-hybridized carbons (Fsp3) is 0.500. The van der Waals surface area contributed by atoms with Gasteiger partial charge in [-0.05, 0) is 6.07 Å². The van der Waals surface area contributed by atoms with E-state index in [1.54, 1.807) is 0 Å². The number of aromatic nitrogens is 1. The number of rotatable bonds is 4. The summed E-state index contributed by atoms with van der Waals surface area (Å²) in [6.07, 6.45) is -4.51. The summed E-state index contributed by atoms with van der Waals surface area (Å²) in [5.74, 6) is 0. The lowest BCUT2D eigenvalue weighted by molar-refractivity contribution is -0.138. The molecule has 17 heavy (non-hydrogen) atoms. The fourth-order valence-corrected chi connectivity index (χ4v) is 1.25. The van der Waals surface area contributed by atoms with Crippen LogP contribution < -0.4 is 5.56 Å². The van der Waals surface area contributed by atoms with E-state index in [1.807, 2.05) is 0 Å². The van der Waals surface area contributed by atoms with Crippen molar-refractivity contribution in [3.05, 3.63) is 34.2 Å². The zero-order chi connectivity index (χ0) is 13.1. The van der Waals surface area contributed by atoms with E-state index >= 15 is 0 Å². The topological polar surface area (TPSA) is 40.5 Å². The first-order valence-corrected chi connectivity index (χ1v) is 4.71. The molecular formula is C10H12F3NO3. The Morgan fingerprint density at radius 2 is 1.88 bits per heavy atom. The van der Waals surface area contributed by atoms with Crippen LogP contribution in [0.4, 0.5) is 13.2 Å². The molecule has 1 heterocycles. The van der Waals surface area contributed by atoms with Gasteiger partial charge < -0.3 is 14.0 Å². The van der Waals surface area contributed by atoms with Gasteiger partial charge in [0.2, 0.25) is 0 Å². The first kappa shape index (κ1) is 13.7. The van der Waals surface area contributed by atoms with Gasteiger partial charge >= 0.3 is 6.18 Å². The fourth-order valence-electron chi connectivity index (χ4n) is 1.25. The SMILES string of the molecule is COC(Cn1cc(C(F)(F)F)ccc1=O)OC. The summed E-state index contributed by atoms with van der Waals surface area (Å²) in [5.41, 5.74) is -1.43. The molecule has 0 radical (unpaired) electrons. The molecule has 0 unspecified atom stereocenters. The van der Waals surface area contributed by atoms with Crippen LogP contribution in [0.15, 0.2) is 23.1 Å². The van der Waals surface area contributed by atoms with Crippen molar-refractivity contribution in [1.82, 2.24) is 4.57 Å². The number of ether oxygens (including phenoxy) is 2. The average molecular weight is 251 g/mol. The van der Waals surface area contributed by atoms with E-state index < -0.39 is 23.6 Å². The van der Waals surface area contributed by atoms with Gasteiger partial charge in [-0.3, -0.25) is 4.79 Å². The maximum Gasteiger partial charge on any atom is 0.417 e. The Labute approximate surface area is 95.6 Å². The van der Waals surface area contributed by atoms with E-state index in [2.05, 4.69) is 0 Å². The Hall–Kier alpha value is -1.34. The summed E-state index contributed by atoms with van der Waals surface area (Å²) in [6, 6.07) is 1.61. The number of methoxy groups -OCH3 is 2. The predicted molar refractivity (Wildman–Crippen MR) is 53.5 cm³/mol.